The molecule has 0 unspecified atom stereocenters. The number of aliphatic hydroxyl groups is 1. The summed E-state index contributed by atoms with van der Waals surface area (Å²) in [6.45, 7) is 0.302. The highest BCUT2D eigenvalue weighted by Gasteiger charge is 2.34. The number of ether oxygens (including phenoxy) is 1. The number of hydrogen-bond donors (Lipinski definition) is 2. The molecule has 2 N–H and O–H groups in total. The molecule has 0 bridgehead atoms. The highest BCUT2D eigenvalue weighted by molar-refractivity contribution is 7.89. The van der Waals surface area contributed by atoms with Gasteiger partial charge in [-0.2, -0.15) is 0 Å². The van der Waals surface area contributed by atoms with Gasteiger partial charge in [0.15, 0.2) is 0 Å². The molecule has 1 aliphatic rings. The van der Waals surface area contributed by atoms with Crippen molar-refractivity contribution >= 4 is 10.0 Å². The molecule has 6 heteroatoms. The molecule has 0 aromatic heterocycles. The monoisotopic (exact) mass is 299 g/mol. The third-order valence-electron chi connectivity index (χ3n) is 3.99. The average molecular weight is 299 g/mol. The van der Waals surface area contributed by atoms with Crippen LogP contribution in [-0.4, -0.2) is 33.8 Å². The molecule has 1 saturated carbocycles. The average Bonchev–Trinajstić information content (AvgIpc) is 2.95. The topological polar surface area (TPSA) is 75.6 Å². The van der Waals surface area contributed by atoms with Crippen LogP contribution in [0.1, 0.15) is 25.7 Å². The van der Waals surface area contributed by atoms with E-state index in [1.54, 1.807) is 12.1 Å². The second kappa shape index (κ2) is 6.11. The zero-order valence-corrected chi connectivity index (χ0v) is 12.4. The molecular formula is C14H21NO4S. The molecule has 1 fully saturated rings. The summed E-state index contributed by atoms with van der Waals surface area (Å²) in [5.74, 6) is 0.505. The summed E-state index contributed by atoms with van der Waals surface area (Å²) >= 11 is 0. The first-order valence-corrected chi connectivity index (χ1v) is 8.24. The summed E-state index contributed by atoms with van der Waals surface area (Å²) in [7, 11) is -2.07. The molecule has 112 valence electrons. The number of rotatable bonds is 6. The molecule has 0 saturated heterocycles. The van der Waals surface area contributed by atoms with Crippen LogP contribution in [-0.2, 0) is 10.0 Å². The largest absolute Gasteiger partial charge is 0.497 e. The fourth-order valence-electron chi connectivity index (χ4n) is 2.62. The summed E-state index contributed by atoms with van der Waals surface area (Å²) in [6, 6.07) is 6.36. The van der Waals surface area contributed by atoms with Crippen LogP contribution in [0.2, 0.25) is 0 Å². The summed E-state index contributed by atoms with van der Waals surface area (Å²) in [5, 5.41) is 9.51. The van der Waals surface area contributed by atoms with Crippen molar-refractivity contribution in [2.45, 2.75) is 30.6 Å². The van der Waals surface area contributed by atoms with Crippen molar-refractivity contribution < 1.29 is 18.3 Å². The first-order chi connectivity index (χ1) is 9.51. The van der Waals surface area contributed by atoms with Gasteiger partial charge in [-0.25, -0.2) is 13.1 Å². The Labute approximate surface area is 120 Å². The Morgan fingerprint density at radius 2 is 2.05 bits per heavy atom. The zero-order valence-electron chi connectivity index (χ0n) is 11.6. The number of hydrogen-bond acceptors (Lipinski definition) is 4. The minimum Gasteiger partial charge on any atom is -0.497 e. The van der Waals surface area contributed by atoms with Gasteiger partial charge in [-0.3, -0.25) is 0 Å². The van der Waals surface area contributed by atoms with Crippen molar-refractivity contribution in [3.8, 4) is 5.75 Å². The molecule has 0 spiro atoms. The fraction of sp³-hybridized carbons (Fsp3) is 0.571. The van der Waals surface area contributed by atoms with Gasteiger partial charge in [-0.05, 0) is 25.0 Å². The maximum Gasteiger partial charge on any atom is 0.240 e. The third kappa shape index (κ3) is 3.31. The van der Waals surface area contributed by atoms with Crippen molar-refractivity contribution in [3.63, 3.8) is 0 Å². The van der Waals surface area contributed by atoms with Gasteiger partial charge in [-0.15, -0.1) is 0 Å². The van der Waals surface area contributed by atoms with E-state index in [9.17, 15) is 13.5 Å². The summed E-state index contributed by atoms with van der Waals surface area (Å²) in [5.41, 5.74) is -0.300. The highest BCUT2D eigenvalue weighted by atomic mass is 32.2. The maximum absolute atomic E-state index is 12.3. The second-order valence-corrected chi connectivity index (χ2v) is 7.14. The number of methoxy groups -OCH3 is 1. The van der Waals surface area contributed by atoms with Gasteiger partial charge >= 0.3 is 0 Å². The Balaban J connectivity index is 2.10. The van der Waals surface area contributed by atoms with Crippen molar-refractivity contribution in [3.05, 3.63) is 24.3 Å². The van der Waals surface area contributed by atoms with E-state index < -0.39 is 10.0 Å². The van der Waals surface area contributed by atoms with Crippen molar-refractivity contribution in [2.24, 2.45) is 5.41 Å². The first kappa shape index (κ1) is 15.3. The van der Waals surface area contributed by atoms with Gasteiger partial charge in [-0.1, -0.05) is 18.9 Å². The van der Waals surface area contributed by atoms with Crippen LogP contribution in [0.4, 0.5) is 0 Å². The van der Waals surface area contributed by atoms with Crippen LogP contribution >= 0.6 is 0 Å². The summed E-state index contributed by atoms with van der Waals surface area (Å²) < 4.78 is 32.2. The Kier molecular flexibility index (Phi) is 4.67. The molecule has 0 heterocycles. The molecule has 0 amide bonds. The number of nitrogens with one attached hydrogen (secondary N) is 1. The predicted molar refractivity (Wildman–Crippen MR) is 76.2 cm³/mol. The van der Waals surface area contributed by atoms with E-state index in [1.807, 2.05) is 0 Å². The molecule has 0 radical (unpaired) electrons. The van der Waals surface area contributed by atoms with Crippen LogP contribution in [0, 0.1) is 5.41 Å². The number of sulfonamides is 1. The van der Waals surface area contributed by atoms with Crippen LogP contribution in [0.5, 0.6) is 5.75 Å². The SMILES string of the molecule is COc1cccc(S(=O)(=O)NCC2(CO)CCCC2)c1. The standard InChI is InChI=1S/C14H21NO4S/c1-19-12-5-4-6-13(9-12)20(17,18)15-10-14(11-16)7-2-3-8-14/h4-6,9,15-16H,2-3,7-8,10-11H2,1H3. The molecule has 20 heavy (non-hydrogen) atoms. The molecule has 1 aromatic rings. The highest BCUT2D eigenvalue weighted by Crippen LogP contribution is 2.37. The zero-order chi connectivity index (χ0) is 14.6. The Bertz CT molecular complexity index is 550. The lowest BCUT2D eigenvalue weighted by atomic mass is 9.88. The van der Waals surface area contributed by atoms with Gasteiger partial charge in [0.05, 0.1) is 12.0 Å². The van der Waals surface area contributed by atoms with Crippen LogP contribution in [0.3, 0.4) is 0 Å². The Morgan fingerprint density at radius 3 is 2.65 bits per heavy atom. The minimum atomic E-state index is -3.57. The lowest BCUT2D eigenvalue weighted by molar-refractivity contribution is 0.134. The predicted octanol–water partition coefficient (Wildman–Crippen LogP) is 1.53. The smallest absolute Gasteiger partial charge is 0.240 e. The van der Waals surface area contributed by atoms with E-state index in [0.717, 1.165) is 25.7 Å². The van der Waals surface area contributed by atoms with Gasteiger partial charge in [0.2, 0.25) is 10.0 Å². The summed E-state index contributed by atoms with van der Waals surface area (Å²) in [4.78, 5) is 0.183. The molecule has 2 rings (SSSR count). The van der Waals surface area contributed by atoms with Gasteiger partial charge in [0, 0.05) is 24.6 Å². The van der Waals surface area contributed by atoms with Gasteiger partial charge < -0.3 is 9.84 Å². The quantitative estimate of drug-likeness (QED) is 0.835. The molecule has 1 aromatic carbocycles. The Morgan fingerprint density at radius 1 is 1.35 bits per heavy atom. The van der Waals surface area contributed by atoms with E-state index in [0.29, 0.717) is 5.75 Å². The van der Waals surface area contributed by atoms with Crippen LogP contribution in [0.25, 0.3) is 0 Å². The van der Waals surface area contributed by atoms with Gasteiger partial charge in [0.25, 0.3) is 0 Å². The van der Waals surface area contributed by atoms with Crippen molar-refractivity contribution in [2.75, 3.05) is 20.3 Å². The number of aliphatic hydroxyl groups excluding tert-OH is 1. The normalized spacial score (nSPS) is 18.1. The lowest BCUT2D eigenvalue weighted by Crippen LogP contribution is -2.38. The Hall–Kier alpha value is -1.11. The first-order valence-electron chi connectivity index (χ1n) is 6.76. The van der Waals surface area contributed by atoms with Crippen molar-refractivity contribution in [1.82, 2.24) is 4.72 Å². The van der Waals surface area contributed by atoms with Crippen molar-refractivity contribution in [1.29, 1.82) is 0 Å². The maximum atomic E-state index is 12.3. The van der Waals surface area contributed by atoms with E-state index in [-0.39, 0.29) is 23.5 Å². The molecule has 0 aliphatic heterocycles. The van der Waals surface area contributed by atoms with E-state index in [2.05, 4.69) is 4.72 Å². The molecule has 5 nitrogen and oxygen atoms in total. The van der Waals surface area contributed by atoms with Crippen LogP contribution in [0.15, 0.2) is 29.2 Å². The second-order valence-electron chi connectivity index (χ2n) is 5.37. The third-order valence-corrected chi connectivity index (χ3v) is 5.39. The lowest BCUT2D eigenvalue weighted by Gasteiger charge is -2.26. The van der Waals surface area contributed by atoms with Gasteiger partial charge in [0.1, 0.15) is 5.75 Å². The van der Waals surface area contributed by atoms with Crippen LogP contribution < -0.4 is 9.46 Å². The molecular weight excluding hydrogens is 278 g/mol. The number of benzene rings is 1. The van der Waals surface area contributed by atoms with E-state index in [4.69, 9.17) is 4.74 Å². The molecule has 0 atom stereocenters. The fourth-order valence-corrected chi connectivity index (χ4v) is 3.81. The minimum absolute atomic E-state index is 0.0215. The summed E-state index contributed by atoms with van der Waals surface area (Å²) in [6.07, 6.45) is 3.82. The van der Waals surface area contributed by atoms with E-state index in [1.165, 1.54) is 19.2 Å². The van der Waals surface area contributed by atoms with E-state index >= 15 is 0 Å². The molecule has 1 aliphatic carbocycles.